The zero-order valence-electron chi connectivity index (χ0n) is 20.2. The lowest BCUT2D eigenvalue weighted by molar-refractivity contribution is -0.274. The zero-order chi connectivity index (χ0) is 25.7. The number of hydrogen-bond acceptors (Lipinski definition) is 1. The Bertz CT molecular complexity index is 1240. The van der Waals surface area contributed by atoms with E-state index < -0.39 is 18.0 Å². The predicted molar refractivity (Wildman–Crippen MR) is 132 cm³/mol. The molecule has 1 saturated carbocycles. The molecule has 0 amide bonds. The number of rotatable bonds is 6. The van der Waals surface area contributed by atoms with E-state index in [0.29, 0.717) is 21.9 Å². The molecule has 0 unspecified atom stereocenters. The van der Waals surface area contributed by atoms with Gasteiger partial charge in [0.2, 0.25) is 0 Å². The fourth-order valence-electron chi connectivity index (χ4n) is 5.05. The van der Waals surface area contributed by atoms with Crippen molar-refractivity contribution in [2.45, 2.75) is 70.6 Å². The standard InChI is InChI=1S/C30H29F5O/c1-2-3-4-5-20-6-10-22(11-7-20)25-18-28(31)27(29(32)19-25)15-9-21-8-12-24-17-26(36-30(33,34)35)14-13-23(24)16-21/h8,12-14,16-20,22H,2-7,10-11H2,1H3/t20-,22-. The van der Waals surface area contributed by atoms with Crippen molar-refractivity contribution in [1.82, 2.24) is 0 Å². The second-order valence-corrected chi connectivity index (χ2v) is 9.59. The molecule has 3 aromatic rings. The van der Waals surface area contributed by atoms with Crippen molar-refractivity contribution in [3.8, 4) is 17.6 Å². The van der Waals surface area contributed by atoms with E-state index in [1.807, 2.05) is 0 Å². The molecular formula is C30H29F5O. The number of alkyl halides is 3. The van der Waals surface area contributed by atoms with Crippen LogP contribution in [-0.2, 0) is 0 Å². The summed E-state index contributed by atoms with van der Waals surface area (Å²) in [6.07, 6.45) is 4.32. The summed E-state index contributed by atoms with van der Waals surface area (Å²) in [7, 11) is 0. The molecule has 190 valence electrons. The smallest absolute Gasteiger partial charge is 0.406 e. The van der Waals surface area contributed by atoms with Gasteiger partial charge in [-0.05, 0) is 90.3 Å². The normalized spacial score (nSPS) is 18.1. The fourth-order valence-corrected chi connectivity index (χ4v) is 5.05. The molecule has 1 fully saturated rings. The van der Waals surface area contributed by atoms with Gasteiger partial charge in [-0.15, -0.1) is 13.2 Å². The molecule has 1 aliphatic rings. The van der Waals surface area contributed by atoms with E-state index in [0.717, 1.165) is 31.6 Å². The third-order valence-corrected chi connectivity index (χ3v) is 6.98. The van der Waals surface area contributed by atoms with Gasteiger partial charge < -0.3 is 4.74 Å². The van der Waals surface area contributed by atoms with Crippen molar-refractivity contribution in [3.05, 3.63) is 76.9 Å². The third kappa shape index (κ3) is 6.78. The molecule has 6 heteroatoms. The highest BCUT2D eigenvalue weighted by Gasteiger charge is 2.31. The molecule has 1 nitrogen and oxygen atoms in total. The maximum absolute atomic E-state index is 14.8. The first-order valence-corrected chi connectivity index (χ1v) is 12.5. The first kappa shape index (κ1) is 26.0. The van der Waals surface area contributed by atoms with E-state index in [2.05, 4.69) is 23.5 Å². The SMILES string of the molecule is CCCCC[C@H]1CC[C@H](c2cc(F)c(C#Cc3ccc4cc(OC(F)(F)F)ccc4c3)c(F)c2)CC1. The van der Waals surface area contributed by atoms with Crippen LogP contribution in [0.2, 0.25) is 0 Å². The summed E-state index contributed by atoms with van der Waals surface area (Å²) in [5, 5.41) is 1.17. The minimum Gasteiger partial charge on any atom is -0.406 e. The lowest BCUT2D eigenvalue weighted by Gasteiger charge is -2.29. The molecule has 0 heterocycles. The Morgan fingerprint density at radius 3 is 2.17 bits per heavy atom. The summed E-state index contributed by atoms with van der Waals surface area (Å²) in [5.41, 5.74) is 0.919. The Balaban J connectivity index is 1.45. The van der Waals surface area contributed by atoms with Crippen molar-refractivity contribution >= 4 is 10.8 Å². The molecule has 4 rings (SSSR count). The topological polar surface area (TPSA) is 9.23 Å². The Labute approximate surface area is 208 Å². The van der Waals surface area contributed by atoms with E-state index >= 15 is 0 Å². The fraction of sp³-hybridized carbons (Fsp3) is 0.400. The van der Waals surface area contributed by atoms with Crippen LogP contribution in [0, 0.1) is 29.4 Å². The van der Waals surface area contributed by atoms with Crippen molar-refractivity contribution in [3.63, 3.8) is 0 Å². The molecule has 0 spiro atoms. The molecule has 0 saturated heterocycles. The molecule has 36 heavy (non-hydrogen) atoms. The van der Waals surface area contributed by atoms with Gasteiger partial charge in [-0.2, -0.15) is 0 Å². The molecule has 1 aliphatic carbocycles. The first-order valence-electron chi connectivity index (χ1n) is 12.5. The lowest BCUT2D eigenvalue weighted by atomic mass is 9.77. The Hall–Kier alpha value is -3.07. The average molecular weight is 501 g/mol. The molecule has 0 radical (unpaired) electrons. The third-order valence-electron chi connectivity index (χ3n) is 6.98. The number of halogens is 5. The Kier molecular flexibility index (Phi) is 8.18. The molecular weight excluding hydrogens is 471 g/mol. The van der Waals surface area contributed by atoms with Crippen molar-refractivity contribution in [2.24, 2.45) is 5.92 Å². The molecule has 0 atom stereocenters. The second-order valence-electron chi connectivity index (χ2n) is 9.59. The van der Waals surface area contributed by atoms with Crippen LogP contribution in [0.4, 0.5) is 22.0 Å². The predicted octanol–water partition coefficient (Wildman–Crippen LogP) is 9.27. The van der Waals surface area contributed by atoms with Crippen LogP contribution in [-0.4, -0.2) is 6.36 Å². The van der Waals surface area contributed by atoms with Crippen molar-refractivity contribution in [2.75, 3.05) is 0 Å². The maximum Gasteiger partial charge on any atom is 0.573 e. The van der Waals surface area contributed by atoms with Crippen LogP contribution in [0.15, 0.2) is 48.5 Å². The second kappa shape index (κ2) is 11.3. The van der Waals surface area contributed by atoms with Gasteiger partial charge in [-0.25, -0.2) is 8.78 Å². The number of hydrogen-bond donors (Lipinski definition) is 0. The number of fused-ring (bicyclic) bond motifs is 1. The minimum absolute atomic E-state index is 0.171. The molecule has 0 bridgehead atoms. The van der Waals surface area contributed by atoms with Crippen LogP contribution in [0.25, 0.3) is 10.8 Å². The summed E-state index contributed by atoms with van der Waals surface area (Å²) >= 11 is 0. The van der Waals surface area contributed by atoms with Crippen molar-refractivity contribution < 1.29 is 26.7 Å². The van der Waals surface area contributed by atoms with E-state index in [4.69, 9.17) is 0 Å². The first-order chi connectivity index (χ1) is 17.2. The number of ether oxygens (including phenoxy) is 1. The molecule has 0 aromatic heterocycles. The van der Waals surface area contributed by atoms with Gasteiger partial charge in [0.1, 0.15) is 17.4 Å². The van der Waals surface area contributed by atoms with Gasteiger partial charge in [0, 0.05) is 5.56 Å². The largest absolute Gasteiger partial charge is 0.573 e. The highest BCUT2D eigenvalue weighted by atomic mass is 19.4. The Morgan fingerprint density at radius 2 is 1.50 bits per heavy atom. The molecule has 0 aliphatic heterocycles. The summed E-state index contributed by atoms with van der Waals surface area (Å²) in [6.45, 7) is 2.20. The number of unbranched alkanes of at least 4 members (excludes halogenated alkanes) is 2. The zero-order valence-corrected chi connectivity index (χ0v) is 20.2. The summed E-state index contributed by atoms with van der Waals surface area (Å²) in [4.78, 5) is 0. The summed E-state index contributed by atoms with van der Waals surface area (Å²) < 4.78 is 70.9. The van der Waals surface area contributed by atoms with Crippen LogP contribution in [0.3, 0.4) is 0 Å². The van der Waals surface area contributed by atoms with Gasteiger partial charge in [0.25, 0.3) is 0 Å². The Morgan fingerprint density at radius 1 is 0.833 bits per heavy atom. The van der Waals surface area contributed by atoms with Gasteiger partial charge >= 0.3 is 6.36 Å². The van der Waals surface area contributed by atoms with E-state index in [9.17, 15) is 22.0 Å². The van der Waals surface area contributed by atoms with Gasteiger partial charge in [-0.1, -0.05) is 56.6 Å². The van der Waals surface area contributed by atoms with Crippen LogP contribution in [0.1, 0.15) is 80.9 Å². The average Bonchev–Trinajstić information content (AvgIpc) is 2.83. The van der Waals surface area contributed by atoms with E-state index in [1.165, 1.54) is 56.0 Å². The highest BCUT2D eigenvalue weighted by Crippen LogP contribution is 2.38. The summed E-state index contributed by atoms with van der Waals surface area (Å²) in [6, 6.07) is 11.6. The maximum atomic E-state index is 14.8. The van der Waals surface area contributed by atoms with Crippen LogP contribution in [0.5, 0.6) is 5.75 Å². The minimum atomic E-state index is -4.77. The monoisotopic (exact) mass is 500 g/mol. The molecule has 3 aromatic carbocycles. The quantitative estimate of drug-likeness (QED) is 0.186. The van der Waals surface area contributed by atoms with Crippen LogP contribution >= 0.6 is 0 Å². The molecule has 0 N–H and O–H groups in total. The van der Waals surface area contributed by atoms with Crippen molar-refractivity contribution in [1.29, 1.82) is 0 Å². The van der Waals surface area contributed by atoms with Gasteiger partial charge in [0.05, 0.1) is 5.56 Å². The van der Waals surface area contributed by atoms with Gasteiger partial charge in [0.15, 0.2) is 0 Å². The number of benzene rings is 3. The highest BCUT2D eigenvalue weighted by molar-refractivity contribution is 5.85. The van der Waals surface area contributed by atoms with Crippen LogP contribution < -0.4 is 4.74 Å². The van der Waals surface area contributed by atoms with Gasteiger partial charge in [-0.3, -0.25) is 0 Å². The lowest BCUT2D eigenvalue weighted by Crippen LogP contribution is -2.16. The summed E-state index contributed by atoms with van der Waals surface area (Å²) in [5.74, 6) is 4.61. The van der Waals surface area contributed by atoms with E-state index in [-0.39, 0.29) is 17.2 Å². The van der Waals surface area contributed by atoms with E-state index in [1.54, 1.807) is 18.2 Å².